The highest BCUT2D eigenvalue weighted by Crippen LogP contribution is 2.35. The van der Waals surface area contributed by atoms with Crippen LogP contribution in [0.4, 0.5) is 0 Å². The van der Waals surface area contributed by atoms with E-state index in [0.29, 0.717) is 23.0 Å². The second-order valence-corrected chi connectivity index (χ2v) is 4.85. The number of fused-ring (bicyclic) bond motifs is 1. The molecule has 18 heavy (non-hydrogen) atoms. The molecule has 0 bridgehead atoms. The Morgan fingerprint density at radius 1 is 1.11 bits per heavy atom. The van der Waals surface area contributed by atoms with Crippen LogP contribution in [0.3, 0.4) is 0 Å². The van der Waals surface area contributed by atoms with Crippen molar-refractivity contribution in [2.45, 2.75) is 39.5 Å². The number of ether oxygens (including phenoxy) is 1. The van der Waals surface area contributed by atoms with Gasteiger partial charge in [0.05, 0.1) is 11.1 Å². The second-order valence-electron chi connectivity index (χ2n) is 4.85. The van der Waals surface area contributed by atoms with E-state index >= 15 is 0 Å². The third kappa shape index (κ3) is 1.94. The molecule has 0 aliphatic carbocycles. The fourth-order valence-electron chi connectivity index (χ4n) is 2.68. The van der Waals surface area contributed by atoms with Crippen LogP contribution in [0.1, 0.15) is 65.8 Å². The molecule has 1 aromatic carbocycles. The third-order valence-corrected chi connectivity index (χ3v) is 3.88. The molecule has 1 aliphatic heterocycles. The molecule has 2 rings (SSSR count). The average molecular weight is 246 g/mol. The van der Waals surface area contributed by atoms with Gasteiger partial charge in [0, 0.05) is 0 Å². The summed E-state index contributed by atoms with van der Waals surface area (Å²) < 4.78 is 4.70. The van der Waals surface area contributed by atoms with Crippen LogP contribution in [0.5, 0.6) is 0 Å². The molecule has 96 valence electrons. The number of carbonyl (C=O) groups is 2. The van der Waals surface area contributed by atoms with Crippen molar-refractivity contribution in [2.24, 2.45) is 5.92 Å². The van der Waals surface area contributed by atoms with Crippen LogP contribution in [-0.2, 0) is 4.74 Å². The smallest absolute Gasteiger partial charge is 0.347 e. The van der Waals surface area contributed by atoms with Gasteiger partial charge in [-0.05, 0) is 29.9 Å². The number of esters is 2. The molecule has 0 amide bonds. The van der Waals surface area contributed by atoms with Gasteiger partial charge in [0.15, 0.2) is 0 Å². The molecule has 0 N–H and O–H groups in total. The van der Waals surface area contributed by atoms with Gasteiger partial charge in [-0.2, -0.15) is 0 Å². The van der Waals surface area contributed by atoms with E-state index in [0.717, 1.165) is 18.4 Å². The summed E-state index contributed by atoms with van der Waals surface area (Å²) in [6, 6.07) is 5.44. The van der Waals surface area contributed by atoms with Crippen molar-refractivity contribution in [1.82, 2.24) is 0 Å². The first-order chi connectivity index (χ1) is 8.60. The van der Waals surface area contributed by atoms with Gasteiger partial charge in [-0.25, -0.2) is 9.59 Å². The topological polar surface area (TPSA) is 43.4 Å². The predicted molar refractivity (Wildman–Crippen MR) is 68.7 cm³/mol. The summed E-state index contributed by atoms with van der Waals surface area (Å²) in [6.07, 6.45) is 2.00. The summed E-state index contributed by atoms with van der Waals surface area (Å²) in [6.45, 7) is 6.42. The first-order valence-corrected chi connectivity index (χ1v) is 6.49. The first-order valence-electron chi connectivity index (χ1n) is 6.49. The first kappa shape index (κ1) is 12.8. The Balaban J connectivity index is 2.53. The van der Waals surface area contributed by atoms with Crippen LogP contribution < -0.4 is 0 Å². The van der Waals surface area contributed by atoms with Gasteiger partial charge in [0.1, 0.15) is 0 Å². The Morgan fingerprint density at radius 3 is 2.44 bits per heavy atom. The molecule has 3 nitrogen and oxygen atoms in total. The van der Waals surface area contributed by atoms with Crippen molar-refractivity contribution in [3.05, 3.63) is 34.9 Å². The summed E-state index contributed by atoms with van der Waals surface area (Å²) in [5.74, 6) is -0.239. The fourth-order valence-corrected chi connectivity index (χ4v) is 2.68. The molecule has 0 saturated carbocycles. The quantitative estimate of drug-likeness (QED) is 0.603. The monoisotopic (exact) mass is 246 g/mol. The van der Waals surface area contributed by atoms with E-state index in [1.54, 1.807) is 6.07 Å². The highest BCUT2D eigenvalue weighted by Gasteiger charge is 2.34. The van der Waals surface area contributed by atoms with Crippen molar-refractivity contribution in [1.29, 1.82) is 0 Å². The van der Waals surface area contributed by atoms with E-state index < -0.39 is 11.9 Å². The van der Waals surface area contributed by atoms with Crippen molar-refractivity contribution in [2.75, 3.05) is 0 Å². The van der Waals surface area contributed by atoms with Crippen molar-refractivity contribution >= 4 is 11.9 Å². The maximum atomic E-state index is 11.8. The van der Waals surface area contributed by atoms with Gasteiger partial charge in [-0.1, -0.05) is 39.3 Å². The molecular formula is C15H18O3. The molecule has 0 aromatic heterocycles. The maximum absolute atomic E-state index is 11.8. The van der Waals surface area contributed by atoms with Crippen LogP contribution in [-0.4, -0.2) is 11.9 Å². The average Bonchev–Trinajstić information content (AvgIpc) is 2.66. The zero-order valence-electron chi connectivity index (χ0n) is 11.0. The van der Waals surface area contributed by atoms with Crippen LogP contribution >= 0.6 is 0 Å². The molecule has 0 fully saturated rings. The maximum Gasteiger partial charge on any atom is 0.347 e. The van der Waals surface area contributed by atoms with Crippen molar-refractivity contribution in [3.63, 3.8) is 0 Å². The molecule has 2 atom stereocenters. The van der Waals surface area contributed by atoms with Crippen molar-refractivity contribution in [3.8, 4) is 0 Å². The zero-order valence-corrected chi connectivity index (χ0v) is 11.0. The Hall–Kier alpha value is -1.64. The molecule has 1 aliphatic rings. The minimum Gasteiger partial charge on any atom is -0.386 e. The van der Waals surface area contributed by atoms with Gasteiger partial charge in [-0.3, -0.25) is 0 Å². The highest BCUT2D eigenvalue weighted by molar-refractivity contribution is 6.15. The number of carbonyl (C=O) groups excluding carboxylic acids is 2. The van der Waals surface area contributed by atoms with E-state index in [-0.39, 0.29) is 0 Å². The van der Waals surface area contributed by atoms with Gasteiger partial charge >= 0.3 is 11.9 Å². The van der Waals surface area contributed by atoms with E-state index in [1.807, 2.05) is 12.1 Å². The Labute approximate surface area is 107 Å². The van der Waals surface area contributed by atoms with Crippen LogP contribution in [0.2, 0.25) is 0 Å². The summed E-state index contributed by atoms with van der Waals surface area (Å²) in [5, 5.41) is 0. The van der Waals surface area contributed by atoms with Crippen LogP contribution in [0, 0.1) is 5.92 Å². The number of hydrogen-bond donors (Lipinski definition) is 0. The molecule has 1 heterocycles. The molecule has 0 spiro atoms. The van der Waals surface area contributed by atoms with E-state index in [1.165, 1.54) is 0 Å². The van der Waals surface area contributed by atoms with Crippen molar-refractivity contribution < 1.29 is 14.3 Å². The van der Waals surface area contributed by atoms with Gasteiger partial charge < -0.3 is 4.74 Å². The lowest BCUT2D eigenvalue weighted by molar-refractivity contribution is 0.0443. The predicted octanol–water partition coefficient (Wildman–Crippen LogP) is 3.54. The lowest BCUT2D eigenvalue weighted by Gasteiger charge is -2.23. The van der Waals surface area contributed by atoms with Gasteiger partial charge in [-0.15, -0.1) is 0 Å². The third-order valence-electron chi connectivity index (χ3n) is 3.88. The number of benzene rings is 1. The Kier molecular flexibility index (Phi) is 3.50. The number of hydrogen-bond acceptors (Lipinski definition) is 3. The SMILES string of the molecule is CCC(C)C(CC)c1cccc2c1C(=O)OC2=O. The van der Waals surface area contributed by atoms with Crippen LogP contribution in [0.15, 0.2) is 18.2 Å². The molecule has 1 aromatic rings. The van der Waals surface area contributed by atoms with E-state index in [2.05, 4.69) is 20.8 Å². The van der Waals surface area contributed by atoms with Gasteiger partial charge in [0.25, 0.3) is 0 Å². The lowest BCUT2D eigenvalue weighted by Crippen LogP contribution is -2.12. The minimum absolute atomic E-state index is 0.295. The standard InChI is InChI=1S/C15H18O3/c1-4-9(3)10(5-2)11-7-6-8-12-13(11)15(17)18-14(12)16/h6-10H,4-5H2,1-3H3. The Morgan fingerprint density at radius 2 is 1.83 bits per heavy atom. The zero-order chi connectivity index (χ0) is 13.3. The molecular weight excluding hydrogens is 228 g/mol. The van der Waals surface area contributed by atoms with Crippen LogP contribution in [0.25, 0.3) is 0 Å². The fraction of sp³-hybridized carbons (Fsp3) is 0.467. The number of rotatable bonds is 4. The minimum atomic E-state index is -0.518. The molecule has 0 radical (unpaired) electrons. The largest absolute Gasteiger partial charge is 0.386 e. The second kappa shape index (κ2) is 4.92. The molecule has 0 saturated heterocycles. The Bertz CT molecular complexity index is 491. The molecule has 2 unspecified atom stereocenters. The summed E-state index contributed by atoms with van der Waals surface area (Å²) >= 11 is 0. The normalized spacial score (nSPS) is 17.3. The van der Waals surface area contributed by atoms with Gasteiger partial charge in [0.2, 0.25) is 0 Å². The molecule has 3 heteroatoms. The summed E-state index contributed by atoms with van der Waals surface area (Å²) in [4.78, 5) is 23.3. The van der Waals surface area contributed by atoms with E-state index in [4.69, 9.17) is 4.74 Å². The summed E-state index contributed by atoms with van der Waals surface area (Å²) in [5.41, 5.74) is 1.86. The lowest BCUT2D eigenvalue weighted by atomic mass is 9.81. The summed E-state index contributed by atoms with van der Waals surface area (Å²) in [7, 11) is 0. The number of cyclic esters (lactones) is 2. The highest BCUT2D eigenvalue weighted by atomic mass is 16.6. The van der Waals surface area contributed by atoms with E-state index in [9.17, 15) is 9.59 Å².